The van der Waals surface area contributed by atoms with Gasteiger partial charge in [-0.1, -0.05) is 0 Å². The van der Waals surface area contributed by atoms with Gasteiger partial charge in [0.15, 0.2) is 0 Å². The fourth-order valence-corrected chi connectivity index (χ4v) is 1.82. The maximum absolute atomic E-state index is 12.0. The predicted octanol–water partition coefficient (Wildman–Crippen LogP) is 0.544. The molecule has 112 valence electrons. The lowest BCUT2D eigenvalue weighted by molar-refractivity contribution is -0.140. The van der Waals surface area contributed by atoms with E-state index in [-0.39, 0.29) is 17.6 Å². The van der Waals surface area contributed by atoms with E-state index >= 15 is 0 Å². The highest BCUT2D eigenvalue weighted by Crippen LogP contribution is 2.06. The van der Waals surface area contributed by atoms with E-state index in [2.05, 4.69) is 15.5 Å². The fourth-order valence-electron chi connectivity index (χ4n) is 1.82. The molecule has 0 fully saturated rings. The smallest absolute Gasteiger partial charge is 0.328 e. The Hall–Kier alpha value is -2.64. The zero-order chi connectivity index (χ0) is 15.4. The van der Waals surface area contributed by atoms with Gasteiger partial charge >= 0.3 is 5.97 Å². The van der Waals surface area contributed by atoms with Crippen LogP contribution < -0.4 is 5.32 Å². The highest BCUT2D eigenvalue weighted by atomic mass is 16.4. The van der Waals surface area contributed by atoms with Crippen LogP contribution in [0.3, 0.4) is 0 Å². The second kappa shape index (κ2) is 6.21. The SMILES string of the molecule is CC(Cn1cccn1)NC(=O)c1ccn(C(C)C(=O)O)n1. The van der Waals surface area contributed by atoms with Crippen molar-refractivity contribution in [2.24, 2.45) is 0 Å². The predicted molar refractivity (Wildman–Crippen MR) is 73.7 cm³/mol. The second-order valence-corrected chi connectivity index (χ2v) is 4.80. The van der Waals surface area contributed by atoms with Crippen LogP contribution in [0.4, 0.5) is 0 Å². The van der Waals surface area contributed by atoms with Crippen molar-refractivity contribution in [1.82, 2.24) is 24.9 Å². The molecule has 0 spiro atoms. The normalized spacial score (nSPS) is 13.6. The van der Waals surface area contributed by atoms with Crippen molar-refractivity contribution in [2.45, 2.75) is 32.5 Å². The van der Waals surface area contributed by atoms with Crippen LogP contribution in [0, 0.1) is 0 Å². The molecule has 2 atom stereocenters. The van der Waals surface area contributed by atoms with Gasteiger partial charge in [-0.2, -0.15) is 10.2 Å². The van der Waals surface area contributed by atoms with Crippen LogP contribution in [0.25, 0.3) is 0 Å². The minimum atomic E-state index is -1.00. The maximum atomic E-state index is 12.0. The molecule has 2 heterocycles. The van der Waals surface area contributed by atoms with Gasteiger partial charge in [0.1, 0.15) is 11.7 Å². The first kappa shape index (κ1) is 14.8. The number of hydrogen-bond acceptors (Lipinski definition) is 4. The van der Waals surface area contributed by atoms with Crippen LogP contribution in [0.1, 0.15) is 30.4 Å². The molecule has 2 N–H and O–H groups in total. The number of carbonyl (C=O) groups excluding carboxylic acids is 1. The summed E-state index contributed by atoms with van der Waals surface area (Å²) in [4.78, 5) is 22.9. The van der Waals surface area contributed by atoms with Crippen molar-refractivity contribution in [1.29, 1.82) is 0 Å². The fraction of sp³-hybridized carbons (Fsp3) is 0.385. The van der Waals surface area contributed by atoms with E-state index in [4.69, 9.17) is 5.11 Å². The van der Waals surface area contributed by atoms with E-state index in [1.54, 1.807) is 10.9 Å². The van der Waals surface area contributed by atoms with Crippen LogP contribution in [-0.2, 0) is 11.3 Å². The van der Waals surface area contributed by atoms with E-state index in [1.165, 1.54) is 23.9 Å². The van der Waals surface area contributed by atoms with Crippen molar-refractivity contribution >= 4 is 11.9 Å². The number of carboxylic acids is 1. The molecule has 2 aromatic rings. The zero-order valence-electron chi connectivity index (χ0n) is 11.8. The van der Waals surface area contributed by atoms with Crippen LogP contribution in [0.5, 0.6) is 0 Å². The van der Waals surface area contributed by atoms with Gasteiger partial charge in [0.2, 0.25) is 0 Å². The summed E-state index contributed by atoms with van der Waals surface area (Å²) in [6.07, 6.45) is 4.96. The molecule has 1 amide bonds. The second-order valence-electron chi connectivity index (χ2n) is 4.80. The number of aromatic nitrogens is 4. The summed E-state index contributed by atoms with van der Waals surface area (Å²) < 4.78 is 2.96. The Kier molecular flexibility index (Phi) is 4.36. The molecule has 0 aliphatic rings. The van der Waals surface area contributed by atoms with Crippen molar-refractivity contribution in [3.05, 3.63) is 36.4 Å². The molecule has 8 nitrogen and oxygen atoms in total. The van der Waals surface area contributed by atoms with Gasteiger partial charge in [-0.3, -0.25) is 14.2 Å². The Bertz CT molecular complexity index is 620. The Morgan fingerprint density at radius 1 is 1.38 bits per heavy atom. The number of nitrogens with one attached hydrogen (secondary N) is 1. The highest BCUT2D eigenvalue weighted by Gasteiger charge is 2.18. The minimum Gasteiger partial charge on any atom is -0.480 e. The first-order chi connectivity index (χ1) is 9.97. The van der Waals surface area contributed by atoms with Gasteiger partial charge in [0.25, 0.3) is 5.91 Å². The van der Waals surface area contributed by atoms with Crippen LogP contribution in [0.15, 0.2) is 30.7 Å². The third-order valence-electron chi connectivity index (χ3n) is 2.99. The monoisotopic (exact) mass is 291 g/mol. The molecule has 2 unspecified atom stereocenters. The number of nitrogens with zero attached hydrogens (tertiary/aromatic N) is 4. The van der Waals surface area contributed by atoms with Gasteiger partial charge < -0.3 is 10.4 Å². The lowest BCUT2D eigenvalue weighted by Gasteiger charge is -2.13. The first-order valence-corrected chi connectivity index (χ1v) is 6.53. The Balaban J connectivity index is 1.95. The number of amides is 1. The number of hydrogen-bond donors (Lipinski definition) is 2. The van der Waals surface area contributed by atoms with Gasteiger partial charge in [-0.15, -0.1) is 0 Å². The molecule has 21 heavy (non-hydrogen) atoms. The summed E-state index contributed by atoms with van der Waals surface area (Å²) in [6, 6.07) is 2.37. The van der Waals surface area contributed by atoms with Crippen molar-refractivity contribution in [2.75, 3.05) is 0 Å². The molecule has 0 radical (unpaired) electrons. The van der Waals surface area contributed by atoms with Crippen LogP contribution in [-0.4, -0.2) is 42.6 Å². The minimum absolute atomic E-state index is 0.126. The van der Waals surface area contributed by atoms with E-state index < -0.39 is 12.0 Å². The number of carboxylic acid groups (broad SMARTS) is 1. The average Bonchev–Trinajstić information content (AvgIpc) is 3.07. The molecule has 0 aliphatic carbocycles. The topological polar surface area (TPSA) is 102 Å². The number of carbonyl (C=O) groups is 2. The van der Waals surface area contributed by atoms with Gasteiger partial charge in [0.05, 0.1) is 6.54 Å². The van der Waals surface area contributed by atoms with E-state index in [9.17, 15) is 9.59 Å². The molecule has 8 heteroatoms. The Morgan fingerprint density at radius 3 is 2.76 bits per heavy atom. The summed E-state index contributed by atoms with van der Waals surface area (Å²) in [6.45, 7) is 3.90. The summed E-state index contributed by atoms with van der Waals surface area (Å²) in [5.74, 6) is -1.34. The third kappa shape index (κ3) is 3.68. The van der Waals surface area contributed by atoms with E-state index in [0.717, 1.165) is 0 Å². The molecule has 2 aromatic heterocycles. The van der Waals surface area contributed by atoms with Crippen LogP contribution >= 0.6 is 0 Å². The summed E-state index contributed by atoms with van der Waals surface area (Å²) in [7, 11) is 0. The Labute approximate surface area is 121 Å². The summed E-state index contributed by atoms with van der Waals surface area (Å²) in [5.41, 5.74) is 0.190. The van der Waals surface area contributed by atoms with E-state index in [0.29, 0.717) is 6.54 Å². The van der Waals surface area contributed by atoms with Crippen LogP contribution in [0.2, 0.25) is 0 Å². The Morgan fingerprint density at radius 2 is 2.14 bits per heavy atom. The summed E-state index contributed by atoms with van der Waals surface area (Å²) >= 11 is 0. The molecule has 0 bridgehead atoms. The lowest BCUT2D eigenvalue weighted by atomic mass is 10.3. The van der Waals surface area contributed by atoms with Gasteiger partial charge in [0, 0.05) is 24.6 Å². The molecular weight excluding hydrogens is 274 g/mol. The van der Waals surface area contributed by atoms with Crippen molar-refractivity contribution < 1.29 is 14.7 Å². The van der Waals surface area contributed by atoms with Gasteiger partial charge in [-0.25, -0.2) is 4.79 Å². The quantitative estimate of drug-likeness (QED) is 0.809. The molecule has 0 saturated heterocycles. The number of rotatable bonds is 6. The van der Waals surface area contributed by atoms with E-state index in [1.807, 2.05) is 19.2 Å². The highest BCUT2D eigenvalue weighted by molar-refractivity contribution is 5.92. The molecular formula is C13H17N5O3. The molecule has 2 rings (SSSR count). The molecule has 0 aromatic carbocycles. The standard InChI is InChI=1S/C13H17N5O3/c1-9(8-17-6-3-5-14-17)15-12(19)11-4-7-18(16-11)10(2)13(20)21/h3-7,9-10H,8H2,1-2H3,(H,15,19)(H,20,21). The average molecular weight is 291 g/mol. The summed E-state index contributed by atoms with van der Waals surface area (Å²) in [5, 5.41) is 19.7. The lowest BCUT2D eigenvalue weighted by Crippen LogP contribution is -2.36. The van der Waals surface area contributed by atoms with Gasteiger partial charge in [-0.05, 0) is 26.0 Å². The molecule has 0 aliphatic heterocycles. The number of aliphatic carboxylic acids is 1. The largest absolute Gasteiger partial charge is 0.480 e. The molecule has 0 saturated carbocycles. The first-order valence-electron chi connectivity index (χ1n) is 6.53. The maximum Gasteiger partial charge on any atom is 0.328 e. The third-order valence-corrected chi connectivity index (χ3v) is 2.99. The van der Waals surface area contributed by atoms with Crippen molar-refractivity contribution in [3.63, 3.8) is 0 Å². The van der Waals surface area contributed by atoms with Crippen molar-refractivity contribution in [3.8, 4) is 0 Å². The zero-order valence-corrected chi connectivity index (χ0v) is 11.8.